The minimum absolute atomic E-state index is 0.123. The van der Waals surface area contributed by atoms with Crippen LogP contribution in [0.3, 0.4) is 0 Å². The Labute approximate surface area is 145 Å². The molecule has 0 aliphatic carbocycles. The van der Waals surface area contributed by atoms with Crippen molar-refractivity contribution in [3.8, 4) is 5.75 Å². The summed E-state index contributed by atoms with van der Waals surface area (Å²) in [5.74, 6) is 0.130. The molecule has 1 aromatic carbocycles. The monoisotopic (exact) mass is 348 g/mol. The number of ether oxygens (including phenoxy) is 2. The number of aryl methyl sites for hydroxylation is 1. The van der Waals surface area contributed by atoms with E-state index in [0.29, 0.717) is 30.1 Å². The Morgan fingerprint density at radius 1 is 1.40 bits per heavy atom. The maximum absolute atomic E-state index is 13.0. The van der Waals surface area contributed by atoms with Crippen LogP contribution in [0.4, 0.5) is 4.39 Å². The topological polar surface area (TPSA) is 64.8 Å². The van der Waals surface area contributed by atoms with E-state index in [4.69, 9.17) is 14.0 Å². The van der Waals surface area contributed by atoms with Gasteiger partial charge in [-0.2, -0.15) is 0 Å². The molecule has 7 heteroatoms. The molecule has 1 amide bonds. The summed E-state index contributed by atoms with van der Waals surface area (Å²) in [4.78, 5) is 14.4. The number of benzene rings is 1. The third kappa shape index (κ3) is 3.82. The van der Waals surface area contributed by atoms with Gasteiger partial charge in [-0.05, 0) is 44.0 Å². The zero-order chi connectivity index (χ0) is 17.9. The summed E-state index contributed by atoms with van der Waals surface area (Å²) in [6.45, 7) is 3.07. The summed E-state index contributed by atoms with van der Waals surface area (Å²) >= 11 is 0. The molecule has 25 heavy (non-hydrogen) atoms. The predicted octanol–water partition coefficient (Wildman–Crippen LogP) is 2.82. The van der Waals surface area contributed by atoms with Gasteiger partial charge in [0.05, 0.1) is 12.2 Å². The molecule has 0 spiro atoms. The van der Waals surface area contributed by atoms with Gasteiger partial charge in [-0.15, -0.1) is 0 Å². The van der Waals surface area contributed by atoms with Crippen LogP contribution in [-0.4, -0.2) is 48.4 Å². The van der Waals surface area contributed by atoms with E-state index in [-0.39, 0.29) is 18.3 Å². The summed E-state index contributed by atoms with van der Waals surface area (Å²) in [5.41, 5.74) is 0.431. The first-order chi connectivity index (χ1) is 12.0. The van der Waals surface area contributed by atoms with Crippen molar-refractivity contribution >= 4 is 5.91 Å². The zero-order valence-electron chi connectivity index (χ0n) is 14.3. The molecule has 134 valence electrons. The number of nitrogens with zero attached hydrogens (tertiary/aromatic N) is 2. The van der Waals surface area contributed by atoms with Crippen LogP contribution in [0.2, 0.25) is 0 Å². The molecule has 1 aliphatic heterocycles. The largest absolute Gasteiger partial charge is 0.491 e. The van der Waals surface area contributed by atoms with Crippen LogP contribution in [0, 0.1) is 12.7 Å². The van der Waals surface area contributed by atoms with Crippen molar-refractivity contribution in [3.05, 3.63) is 47.6 Å². The highest BCUT2D eigenvalue weighted by Gasteiger charge is 2.39. The van der Waals surface area contributed by atoms with Crippen molar-refractivity contribution in [2.24, 2.45) is 0 Å². The lowest BCUT2D eigenvalue weighted by Crippen LogP contribution is -2.54. The normalized spacial score (nSPS) is 20.5. The molecule has 0 unspecified atom stereocenters. The standard InChI is InChI=1S/C18H21FN2O4/c1-13-16(10-25-20-13)17(22)21-9-3-8-18(11-21,23-2)12-24-15-6-4-14(19)5-7-15/h4-7,10H,3,8-9,11-12H2,1-2H3/t18-/m0/s1. The van der Waals surface area contributed by atoms with Crippen LogP contribution in [0.25, 0.3) is 0 Å². The second-order valence-corrected chi connectivity index (χ2v) is 6.27. The van der Waals surface area contributed by atoms with Crippen molar-refractivity contribution in [1.82, 2.24) is 10.1 Å². The second kappa shape index (κ2) is 7.23. The molecule has 0 N–H and O–H groups in total. The molecule has 1 saturated heterocycles. The predicted molar refractivity (Wildman–Crippen MR) is 88.0 cm³/mol. The summed E-state index contributed by atoms with van der Waals surface area (Å²) in [6, 6.07) is 5.84. The van der Waals surface area contributed by atoms with E-state index in [1.54, 1.807) is 31.1 Å². The third-order valence-electron chi connectivity index (χ3n) is 4.56. The molecule has 2 heterocycles. The molecule has 6 nitrogen and oxygen atoms in total. The molecule has 0 radical (unpaired) electrons. The molecule has 3 rings (SSSR count). The quantitative estimate of drug-likeness (QED) is 0.831. The van der Waals surface area contributed by atoms with Crippen LogP contribution in [0.5, 0.6) is 5.75 Å². The Hall–Kier alpha value is -2.41. The summed E-state index contributed by atoms with van der Waals surface area (Å²) in [5, 5.41) is 3.76. The van der Waals surface area contributed by atoms with Crippen LogP contribution >= 0.6 is 0 Å². The fourth-order valence-corrected chi connectivity index (χ4v) is 3.03. The van der Waals surface area contributed by atoms with Crippen molar-refractivity contribution in [2.45, 2.75) is 25.4 Å². The average molecular weight is 348 g/mol. The van der Waals surface area contributed by atoms with E-state index in [9.17, 15) is 9.18 Å². The van der Waals surface area contributed by atoms with E-state index < -0.39 is 5.60 Å². The van der Waals surface area contributed by atoms with Crippen molar-refractivity contribution in [1.29, 1.82) is 0 Å². The first kappa shape index (κ1) is 17.4. The number of halogens is 1. The Bertz CT molecular complexity index is 731. The summed E-state index contributed by atoms with van der Waals surface area (Å²) < 4.78 is 29.4. The van der Waals surface area contributed by atoms with E-state index >= 15 is 0 Å². The summed E-state index contributed by atoms with van der Waals surface area (Å²) in [7, 11) is 1.62. The van der Waals surface area contributed by atoms with E-state index in [0.717, 1.165) is 12.8 Å². The Kier molecular flexibility index (Phi) is 5.03. The Balaban J connectivity index is 1.69. The number of carbonyl (C=O) groups excluding carboxylic acids is 1. The number of likely N-dealkylation sites (tertiary alicyclic amines) is 1. The van der Waals surface area contributed by atoms with Gasteiger partial charge in [0.15, 0.2) is 0 Å². The molecule has 1 fully saturated rings. The Morgan fingerprint density at radius 2 is 2.16 bits per heavy atom. The van der Waals surface area contributed by atoms with Gasteiger partial charge in [0.25, 0.3) is 5.91 Å². The van der Waals surface area contributed by atoms with Crippen molar-refractivity contribution < 1.29 is 23.2 Å². The van der Waals surface area contributed by atoms with Crippen LogP contribution in [-0.2, 0) is 4.74 Å². The number of methoxy groups -OCH3 is 1. The van der Waals surface area contributed by atoms with Gasteiger partial charge < -0.3 is 18.9 Å². The molecule has 1 aromatic heterocycles. The van der Waals surface area contributed by atoms with Gasteiger partial charge in [-0.1, -0.05) is 5.16 Å². The number of hydrogen-bond donors (Lipinski definition) is 0. The number of amides is 1. The first-order valence-corrected chi connectivity index (χ1v) is 8.17. The fourth-order valence-electron chi connectivity index (χ4n) is 3.03. The van der Waals surface area contributed by atoms with E-state index in [2.05, 4.69) is 5.16 Å². The highest BCUT2D eigenvalue weighted by atomic mass is 19.1. The highest BCUT2D eigenvalue weighted by Crippen LogP contribution is 2.27. The van der Waals surface area contributed by atoms with Gasteiger partial charge >= 0.3 is 0 Å². The molecular weight excluding hydrogens is 327 g/mol. The minimum atomic E-state index is -0.604. The van der Waals surface area contributed by atoms with Gasteiger partial charge in [-0.3, -0.25) is 4.79 Å². The first-order valence-electron chi connectivity index (χ1n) is 8.17. The maximum atomic E-state index is 13.0. The van der Waals surface area contributed by atoms with Gasteiger partial charge in [0.1, 0.15) is 35.6 Å². The van der Waals surface area contributed by atoms with Crippen molar-refractivity contribution in [2.75, 3.05) is 26.8 Å². The SMILES string of the molecule is CO[C@@]1(COc2ccc(F)cc2)CCCN(C(=O)c2conc2C)C1. The second-order valence-electron chi connectivity index (χ2n) is 6.27. The van der Waals surface area contributed by atoms with E-state index in [1.165, 1.54) is 18.4 Å². The lowest BCUT2D eigenvalue weighted by Gasteiger charge is -2.41. The van der Waals surface area contributed by atoms with Crippen LogP contribution in [0.15, 0.2) is 35.1 Å². The average Bonchev–Trinajstić information content (AvgIpc) is 3.07. The highest BCUT2D eigenvalue weighted by molar-refractivity contribution is 5.94. The molecule has 1 atom stereocenters. The zero-order valence-corrected chi connectivity index (χ0v) is 14.3. The van der Waals surface area contributed by atoms with Gasteiger partial charge in [-0.25, -0.2) is 4.39 Å². The minimum Gasteiger partial charge on any atom is -0.491 e. The molecule has 2 aromatic rings. The molecule has 0 bridgehead atoms. The lowest BCUT2D eigenvalue weighted by atomic mass is 9.92. The number of piperidine rings is 1. The van der Waals surface area contributed by atoms with Crippen molar-refractivity contribution in [3.63, 3.8) is 0 Å². The molecular formula is C18H21FN2O4. The van der Waals surface area contributed by atoms with Crippen LogP contribution in [0.1, 0.15) is 28.9 Å². The third-order valence-corrected chi connectivity index (χ3v) is 4.56. The van der Waals surface area contributed by atoms with Gasteiger partial charge in [0, 0.05) is 13.7 Å². The number of carbonyl (C=O) groups is 1. The van der Waals surface area contributed by atoms with E-state index in [1.807, 2.05) is 0 Å². The van der Waals surface area contributed by atoms with Gasteiger partial charge in [0.2, 0.25) is 0 Å². The number of aromatic nitrogens is 1. The number of hydrogen-bond acceptors (Lipinski definition) is 5. The molecule has 0 saturated carbocycles. The maximum Gasteiger partial charge on any atom is 0.259 e. The smallest absolute Gasteiger partial charge is 0.259 e. The molecule has 1 aliphatic rings. The Morgan fingerprint density at radius 3 is 2.80 bits per heavy atom. The van der Waals surface area contributed by atoms with Crippen LogP contribution < -0.4 is 4.74 Å². The fraction of sp³-hybridized carbons (Fsp3) is 0.444. The lowest BCUT2D eigenvalue weighted by molar-refractivity contribution is -0.0825. The number of rotatable bonds is 5. The summed E-state index contributed by atoms with van der Waals surface area (Å²) in [6.07, 6.45) is 2.95.